The molecule has 0 aliphatic carbocycles. The van der Waals surface area contributed by atoms with Crippen LogP contribution in [0, 0.1) is 5.82 Å². The first-order valence-corrected chi connectivity index (χ1v) is 10.3. The molecule has 31 heavy (non-hydrogen) atoms. The highest BCUT2D eigenvalue weighted by Gasteiger charge is 2.28. The van der Waals surface area contributed by atoms with Crippen molar-refractivity contribution in [3.05, 3.63) is 76.5 Å². The van der Waals surface area contributed by atoms with E-state index < -0.39 is 43.8 Å². The van der Waals surface area contributed by atoms with Gasteiger partial charge in [0.15, 0.2) is 10.6 Å². The third kappa shape index (κ3) is 4.72. The Hall–Kier alpha value is -3.73. The molecule has 0 aliphatic heterocycles. The SMILES string of the molecule is CCOC(=O)c1nn(-c2ccccc2)c(=O)cc1OS(=O)(=O)c1cc(F)ccc1OC. The van der Waals surface area contributed by atoms with E-state index in [1.807, 2.05) is 0 Å². The van der Waals surface area contributed by atoms with Gasteiger partial charge in [0.1, 0.15) is 11.6 Å². The molecule has 0 unspecified atom stereocenters. The van der Waals surface area contributed by atoms with Crippen LogP contribution in [0.25, 0.3) is 5.69 Å². The van der Waals surface area contributed by atoms with E-state index in [0.29, 0.717) is 11.8 Å². The first-order valence-electron chi connectivity index (χ1n) is 8.91. The molecule has 0 amide bonds. The number of methoxy groups -OCH3 is 1. The molecule has 0 fully saturated rings. The summed E-state index contributed by atoms with van der Waals surface area (Å²) in [7, 11) is -3.51. The van der Waals surface area contributed by atoms with E-state index >= 15 is 0 Å². The number of ether oxygens (including phenoxy) is 2. The first-order chi connectivity index (χ1) is 14.8. The summed E-state index contributed by atoms with van der Waals surface area (Å²) in [5, 5.41) is 3.93. The zero-order chi connectivity index (χ0) is 22.6. The van der Waals surface area contributed by atoms with Crippen molar-refractivity contribution in [1.82, 2.24) is 9.78 Å². The second-order valence-corrected chi connectivity index (χ2v) is 7.51. The van der Waals surface area contributed by atoms with Crippen LogP contribution in [-0.2, 0) is 14.9 Å². The summed E-state index contributed by atoms with van der Waals surface area (Å²) in [6.45, 7) is 1.51. The molecule has 0 bridgehead atoms. The number of para-hydroxylation sites is 1. The maximum absolute atomic E-state index is 13.6. The largest absolute Gasteiger partial charge is 0.495 e. The van der Waals surface area contributed by atoms with Gasteiger partial charge in [-0.2, -0.15) is 18.2 Å². The van der Waals surface area contributed by atoms with E-state index in [-0.39, 0.29) is 12.4 Å². The lowest BCUT2D eigenvalue weighted by atomic mass is 10.3. The smallest absolute Gasteiger partial charge is 0.362 e. The van der Waals surface area contributed by atoms with Crippen molar-refractivity contribution in [2.75, 3.05) is 13.7 Å². The molecule has 11 heteroatoms. The fourth-order valence-corrected chi connectivity index (χ4v) is 3.72. The molecule has 9 nitrogen and oxygen atoms in total. The van der Waals surface area contributed by atoms with Crippen LogP contribution in [0.2, 0.25) is 0 Å². The van der Waals surface area contributed by atoms with Crippen molar-refractivity contribution >= 4 is 16.1 Å². The van der Waals surface area contributed by atoms with Crippen LogP contribution >= 0.6 is 0 Å². The van der Waals surface area contributed by atoms with Crippen molar-refractivity contribution in [1.29, 1.82) is 0 Å². The summed E-state index contributed by atoms with van der Waals surface area (Å²) >= 11 is 0. The molecule has 162 valence electrons. The molecule has 3 aromatic rings. The fourth-order valence-electron chi connectivity index (χ4n) is 2.61. The highest BCUT2D eigenvalue weighted by Crippen LogP contribution is 2.28. The quantitative estimate of drug-likeness (QED) is 0.400. The summed E-state index contributed by atoms with van der Waals surface area (Å²) in [5.74, 6) is -2.72. The van der Waals surface area contributed by atoms with E-state index in [1.54, 1.807) is 37.3 Å². The number of nitrogens with zero attached hydrogens (tertiary/aromatic N) is 2. The summed E-state index contributed by atoms with van der Waals surface area (Å²) in [5.41, 5.74) is -0.987. The Balaban J connectivity index is 2.14. The van der Waals surface area contributed by atoms with Gasteiger partial charge in [0.05, 0.1) is 25.5 Å². The molecule has 0 aliphatic rings. The van der Waals surface area contributed by atoms with Crippen LogP contribution in [0.4, 0.5) is 4.39 Å². The van der Waals surface area contributed by atoms with Crippen molar-refractivity contribution < 1.29 is 31.3 Å². The number of benzene rings is 2. The predicted molar refractivity (Wildman–Crippen MR) is 107 cm³/mol. The van der Waals surface area contributed by atoms with Crippen molar-refractivity contribution in [3.63, 3.8) is 0 Å². The minimum atomic E-state index is -4.70. The molecule has 3 rings (SSSR count). The topological polar surface area (TPSA) is 114 Å². The molecule has 0 N–H and O–H groups in total. The monoisotopic (exact) mass is 448 g/mol. The molecule has 0 saturated heterocycles. The number of carbonyl (C=O) groups excluding carboxylic acids is 1. The summed E-state index contributed by atoms with van der Waals surface area (Å²) in [4.78, 5) is 24.3. The van der Waals surface area contributed by atoms with Gasteiger partial charge < -0.3 is 13.7 Å². The Morgan fingerprint density at radius 3 is 2.45 bits per heavy atom. The number of hydrogen-bond donors (Lipinski definition) is 0. The number of hydrogen-bond acceptors (Lipinski definition) is 8. The second kappa shape index (κ2) is 8.96. The fraction of sp³-hybridized carbons (Fsp3) is 0.150. The molecule has 1 aromatic heterocycles. The Morgan fingerprint density at radius 2 is 1.81 bits per heavy atom. The third-order valence-corrected chi connectivity index (χ3v) is 5.22. The number of esters is 1. The van der Waals surface area contributed by atoms with Crippen LogP contribution in [0.3, 0.4) is 0 Å². The lowest BCUT2D eigenvalue weighted by molar-refractivity contribution is 0.0515. The zero-order valence-electron chi connectivity index (χ0n) is 16.4. The van der Waals surface area contributed by atoms with Crippen LogP contribution < -0.4 is 14.5 Å². The van der Waals surface area contributed by atoms with Gasteiger partial charge in [-0.15, -0.1) is 0 Å². The van der Waals surface area contributed by atoms with E-state index in [1.165, 1.54) is 7.11 Å². The Morgan fingerprint density at radius 1 is 1.10 bits per heavy atom. The lowest BCUT2D eigenvalue weighted by Gasteiger charge is -2.14. The number of halogens is 1. The molecule has 2 aromatic carbocycles. The van der Waals surface area contributed by atoms with Gasteiger partial charge in [-0.3, -0.25) is 4.79 Å². The Labute approximate surface area is 176 Å². The van der Waals surface area contributed by atoms with Crippen LogP contribution in [0.15, 0.2) is 64.3 Å². The Kier molecular flexibility index (Phi) is 6.35. The van der Waals surface area contributed by atoms with Crippen molar-refractivity contribution in [2.45, 2.75) is 11.8 Å². The van der Waals surface area contributed by atoms with E-state index in [9.17, 15) is 22.4 Å². The molecule has 0 radical (unpaired) electrons. The van der Waals surface area contributed by atoms with Crippen LogP contribution in [0.1, 0.15) is 17.4 Å². The molecule has 0 atom stereocenters. The molecular weight excluding hydrogens is 431 g/mol. The number of rotatable bonds is 7. The average molecular weight is 448 g/mol. The van der Waals surface area contributed by atoms with Crippen molar-refractivity contribution in [2.24, 2.45) is 0 Å². The van der Waals surface area contributed by atoms with Gasteiger partial charge in [0, 0.05) is 0 Å². The lowest BCUT2D eigenvalue weighted by Crippen LogP contribution is -2.26. The average Bonchev–Trinajstić information content (AvgIpc) is 2.74. The van der Waals surface area contributed by atoms with Crippen LogP contribution in [0.5, 0.6) is 11.5 Å². The van der Waals surface area contributed by atoms with E-state index in [2.05, 4.69) is 5.10 Å². The Bertz CT molecular complexity index is 1270. The second-order valence-electron chi connectivity index (χ2n) is 6.00. The normalized spacial score (nSPS) is 11.1. The van der Waals surface area contributed by atoms with E-state index in [4.69, 9.17) is 13.7 Å². The number of carbonyl (C=O) groups is 1. The minimum Gasteiger partial charge on any atom is -0.495 e. The maximum Gasteiger partial charge on any atom is 0.362 e. The van der Waals surface area contributed by atoms with Crippen molar-refractivity contribution in [3.8, 4) is 17.2 Å². The predicted octanol–water partition coefficient (Wildman–Crippen LogP) is 2.32. The maximum atomic E-state index is 13.6. The zero-order valence-corrected chi connectivity index (χ0v) is 17.3. The van der Waals surface area contributed by atoms with Gasteiger partial charge in [0.25, 0.3) is 5.56 Å². The molecule has 0 saturated carbocycles. The minimum absolute atomic E-state index is 0.0329. The van der Waals surface area contributed by atoms with Gasteiger partial charge in [-0.25, -0.2) is 9.18 Å². The van der Waals surface area contributed by atoms with Gasteiger partial charge >= 0.3 is 16.1 Å². The summed E-state index contributed by atoms with van der Waals surface area (Å²) in [6.07, 6.45) is 0. The van der Waals surface area contributed by atoms with Crippen LogP contribution in [-0.4, -0.2) is 37.9 Å². The summed E-state index contributed by atoms with van der Waals surface area (Å²) in [6, 6.07) is 11.7. The molecule has 1 heterocycles. The molecular formula is C20H17FN2O7S. The highest BCUT2D eigenvalue weighted by atomic mass is 32.2. The van der Waals surface area contributed by atoms with Gasteiger partial charge in [-0.05, 0) is 37.3 Å². The van der Waals surface area contributed by atoms with Gasteiger partial charge in [0.2, 0.25) is 5.69 Å². The summed E-state index contributed by atoms with van der Waals surface area (Å²) < 4.78 is 55.0. The third-order valence-electron chi connectivity index (χ3n) is 3.96. The van der Waals surface area contributed by atoms with Gasteiger partial charge in [-0.1, -0.05) is 18.2 Å². The molecule has 0 spiro atoms. The number of aromatic nitrogens is 2. The first kappa shape index (κ1) is 22.0. The van der Waals surface area contributed by atoms with E-state index in [0.717, 1.165) is 22.9 Å². The standard InChI is InChI=1S/C20H17FN2O7S/c1-3-29-20(25)19-16(12-18(24)23(22-19)14-7-5-4-6-8-14)30-31(26,27)17-11-13(21)9-10-15(17)28-2/h4-12H,3H2,1-2H3. The highest BCUT2D eigenvalue weighted by molar-refractivity contribution is 7.87.